The lowest BCUT2D eigenvalue weighted by Gasteiger charge is -2.26. The third-order valence-corrected chi connectivity index (χ3v) is 2.85. The number of carbonyl (C=O) groups is 2. The summed E-state index contributed by atoms with van der Waals surface area (Å²) in [5.41, 5.74) is 1.05. The van der Waals surface area contributed by atoms with Crippen LogP contribution in [0.3, 0.4) is 0 Å². The highest BCUT2D eigenvalue weighted by Crippen LogP contribution is 1.98. The number of rotatable bonds is 4. The minimum absolute atomic E-state index is 0. The second kappa shape index (κ2) is 7.76. The van der Waals surface area contributed by atoms with Crippen molar-refractivity contribution in [1.82, 2.24) is 15.5 Å². The largest absolute Gasteiger partial charge is 0.350 e. The van der Waals surface area contributed by atoms with Gasteiger partial charge in [-0.05, 0) is 5.56 Å². The number of carbonyl (C=O) groups excluding carboxylic acids is 2. The van der Waals surface area contributed by atoms with Crippen LogP contribution in [0, 0.1) is 0 Å². The van der Waals surface area contributed by atoms with Gasteiger partial charge in [0.05, 0.1) is 13.1 Å². The minimum Gasteiger partial charge on any atom is -0.350 e. The highest BCUT2D eigenvalue weighted by Gasteiger charge is 2.19. The van der Waals surface area contributed by atoms with Crippen molar-refractivity contribution in [2.45, 2.75) is 6.54 Å². The second-order valence-electron chi connectivity index (χ2n) is 4.25. The Labute approximate surface area is 118 Å². The first-order valence-electron chi connectivity index (χ1n) is 6.05. The fraction of sp³-hybridized carbons (Fsp3) is 0.385. The number of piperazine rings is 1. The third-order valence-electron chi connectivity index (χ3n) is 2.85. The van der Waals surface area contributed by atoms with Crippen LogP contribution in [-0.4, -0.2) is 42.9 Å². The van der Waals surface area contributed by atoms with Crippen molar-refractivity contribution in [3.8, 4) is 0 Å². The summed E-state index contributed by atoms with van der Waals surface area (Å²) in [5.74, 6) is -0.134. The monoisotopic (exact) mass is 283 g/mol. The van der Waals surface area contributed by atoms with Crippen LogP contribution in [0.2, 0.25) is 0 Å². The number of nitrogens with zero attached hydrogens (tertiary/aromatic N) is 1. The molecule has 1 heterocycles. The zero-order valence-corrected chi connectivity index (χ0v) is 11.4. The lowest BCUT2D eigenvalue weighted by molar-refractivity contribution is -0.136. The molecule has 0 spiro atoms. The number of hydrogen-bond acceptors (Lipinski definition) is 3. The van der Waals surface area contributed by atoms with Crippen molar-refractivity contribution in [3.05, 3.63) is 35.9 Å². The molecule has 1 aliphatic heterocycles. The molecule has 0 bridgehead atoms. The van der Waals surface area contributed by atoms with E-state index in [0.29, 0.717) is 19.6 Å². The van der Waals surface area contributed by atoms with Gasteiger partial charge in [0.25, 0.3) is 0 Å². The lowest BCUT2D eigenvalue weighted by atomic mass is 10.2. The van der Waals surface area contributed by atoms with Crippen molar-refractivity contribution in [1.29, 1.82) is 0 Å². The molecule has 0 saturated carbocycles. The number of halogens is 1. The zero-order chi connectivity index (χ0) is 12.8. The van der Waals surface area contributed by atoms with E-state index in [1.807, 2.05) is 30.3 Å². The van der Waals surface area contributed by atoms with Gasteiger partial charge in [-0.2, -0.15) is 0 Å². The Morgan fingerprint density at radius 1 is 1.32 bits per heavy atom. The molecule has 0 unspecified atom stereocenters. The molecule has 1 saturated heterocycles. The third kappa shape index (κ3) is 4.89. The first-order chi connectivity index (χ1) is 8.75. The van der Waals surface area contributed by atoms with Crippen molar-refractivity contribution in [3.63, 3.8) is 0 Å². The maximum atomic E-state index is 11.7. The molecule has 1 aromatic carbocycles. The highest BCUT2D eigenvalue weighted by atomic mass is 35.5. The fourth-order valence-electron chi connectivity index (χ4n) is 1.84. The van der Waals surface area contributed by atoms with Crippen LogP contribution in [0.4, 0.5) is 0 Å². The van der Waals surface area contributed by atoms with Crippen LogP contribution >= 0.6 is 12.4 Å². The molecule has 0 aromatic heterocycles. The van der Waals surface area contributed by atoms with Gasteiger partial charge in [-0.15, -0.1) is 12.4 Å². The van der Waals surface area contributed by atoms with Gasteiger partial charge in [0, 0.05) is 19.6 Å². The van der Waals surface area contributed by atoms with E-state index in [1.54, 1.807) is 4.90 Å². The average molecular weight is 284 g/mol. The zero-order valence-electron chi connectivity index (χ0n) is 10.6. The molecule has 19 heavy (non-hydrogen) atoms. The molecule has 2 rings (SSSR count). The van der Waals surface area contributed by atoms with Crippen LogP contribution in [-0.2, 0) is 16.1 Å². The second-order valence-corrected chi connectivity index (χ2v) is 4.25. The quantitative estimate of drug-likeness (QED) is 0.827. The van der Waals surface area contributed by atoms with E-state index in [4.69, 9.17) is 0 Å². The van der Waals surface area contributed by atoms with Gasteiger partial charge in [0.2, 0.25) is 11.8 Å². The Kier molecular flexibility index (Phi) is 6.32. The normalized spacial score (nSPS) is 14.7. The van der Waals surface area contributed by atoms with Crippen LogP contribution in [0.5, 0.6) is 0 Å². The molecule has 0 atom stereocenters. The maximum absolute atomic E-state index is 11.7. The summed E-state index contributed by atoms with van der Waals surface area (Å²) in [6.45, 7) is 2.31. The predicted octanol–water partition coefficient (Wildman–Crippen LogP) is 0.156. The van der Waals surface area contributed by atoms with Crippen molar-refractivity contribution in [2.75, 3.05) is 26.2 Å². The molecule has 2 amide bonds. The minimum atomic E-state index is -0.117. The van der Waals surface area contributed by atoms with Gasteiger partial charge >= 0.3 is 0 Å². The van der Waals surface area contributed by atoms with E-state index in [2.05, 4.69) is 10.6 Å². The molecule has 104 valence electrons. The number of hydrogen-bond donors (Lipinski definition) is 2. The Bertz CT molecular complexity index is 425. The van der Waals surface area contributed by atoms with E-state index in [0.717, 1.165) is 12.1 Å². The Morgan fingerprint density at radius 3 is 2.74 bits per heavy atom. The molecule has 1 aliphatic rings. The SMILES string of the molecule is Cl.O=C(CN1CCNCC1=O)NCc1ccccc1. The Hall–Kier alpha value is -1.59. The summed E-state index contributed by atoms with van der Waals surface area (Å²) in [6, 6.07) is 9.71. The number of benzene rings is 1. The average Bonchev–Trinajstić information content (AvgIpc) is 2.40. The molecular weight excluding hydrogens is 266 g/mol. The first kappa shape index (κ1) is 15.5. The van der Waals surface area contributed by atoms with Gasteiger partial charge in [-0.1, -0.05) is 30.3 Å². The maximum Gasteiger partial charge on any atom is 0.239 e. The summed E-state index contributed by atoms with van der Waals surface area (Å²) in [7, 11) is 0. The predicted molar refractivity (Wildman–Crippen MR) is 75.0 cm³/mol. The summed E-state index contributed by atoms with van der Waals surface area (Å²) < 4.78 is 0. The molecule has 5 nitrogen and oxygen atoms in total. The molecule has 6 heteroatoms. The van der Waals surface area contributed by atoms with E-state index < -0.39 is 0 Å². The molecule has 0 aliphatic carbocycles. The topological polar surface area (TPSA) is 61.4 Å². The van der Waals surface area contributed by atoms with Gasteiger partial charge in [-0.25, -0.2) is 0 Å². The van der Waals surface area contributed by atoms with Crippen molar-refractivity contribution in [2.24, 2.45) is 0 Å². The molecule has 1 fully saturated rings. The van der Waals surface area contributed by atoms with Crippen LogP contribution in [0.1, 0.15) is 5.56 Å². The summed E-state index contributed by atoms with van der Waals surface area (Å²) in [4.78, 5) is 24.8. The Balaban J connectivity index is 0.00000180. The van der Waals surface area contributed by atoms with Gasteiger partial charge < -0.3 is 15.5 Å². The number of nitrogens with one attached hydrogen (secondary N) is 2. The van der Waals surface area contributed by atoms with E-state index >= 15 is 0 Å². The van der Waals surface area contributed by atoms with Gasteiger partial charge in [0.1, 0.15) is 0 Å². The standard InChI is InChI=1S/C13H17N3O2.ClH/c17-12(10-16-7-6-14-9-13(16)18)15-8-11-4-2-1-3-5-11;/h1-5,14H,6-10H2,(H,15,17);1H. The molecule has 0 radical (unpaired) electrons. The summed E-state index contributed by atoms with van der Waals surface area (Å²) in [5, 5.41) is 5.79. The summed E-state index contributed by atoms with van der Waals surface area (Å²) >= 11 is 0. The van der Waals surface area contributed by atoms with Crippen molar-refractivity contribution < 1.29 is 9.59 Å². The Morgan fingerprint density at radius 2 is 2.05 bits per heavy atom. The molecular formula is C13H18ClN3O2. The first-order valence-corrected chi connectivity index (χ1v) is 6.05. The molecule has 2 N–H and O–H groups in total. The van der Waals surface area contributed by atoms with Crippen LogP contribution in [0.15, 0.2) is 30.3 Å². The summed E-state index contributed by atoms with van der Waals surface area (Å²) in [6.07, 6.45) is 0. The highest BCUT2D eigenvalue weighted by molar-refractivity contribution is 5.86. The van der Waals surface area contributed by atoms with E-state index in [9.17, 15) is 9.59 Å². The fourth-order valence-corrected chi connectivity index (χ4v) is 1.84. The van der Waals surface area contributed by atoms with Crippen LogP contribution in [0.25, 0.3) is 0 Å². The van der Waals surface area contributed by atoms with E-state index in [-0.39, 0.29) is 30.8 Å². The lowest BCUT2D eigenvalue weighted by Crippen LogP contribution is -2.51. The van der Waals surface area contributed by atoms with Crippen molar-refractivity contribution >= 4 is 24.2 Å². The smallest absolute Gasteiger partial charge is 0.239 e. The van der Waals surface area contributed by atoms with E-state index in [1.165, 1.54) is 0 Å². The molecule has 1 aromatic rings. The van der Waals surface area contributed by atoms with Gasteiger partial charge in [0.15, 0.2) is 0 Å². The number of amides is 2. The van der Waals surface area contributed by atoms with Crippen LogP contribution < -0.4 is 10.6 Å². The van der Waals surface area contributed by atoms with Gasteiger partial charge in [-0.3, -0.25) is 9.59 Å².